The summed E-state index contributed by atoms with van der Waals surface area (Å²) in [6.45, 7) is 7.36. The molecule has 0 aromatic carbocycles. The molecular formula is C11H21NO4. The van der Waals surface area contributed by atoms with Gasteiger partial charge in [-0.25, -0.2) is 0 Å². The standard InChI is InChI=1S/C11H21NO4/c1-5-15-10(14)8(12)6-7-9(13)16-11(2,3)4/h8H,5-7,12H2,1-4H3/t8-/m1/s1. The Hall–Kier alpha value is -1.10. The molecule has 0 rings (SSSR count). The monoisotopic (exact) mass is 231 g/mol. The number of nitrogens with two attached hydrogens (primary N) is 1. The molecule has 94 valence electrons. The Kier molecular flexibility index (Phi) is 6.03. The molecule has 0 aliphatic heterocycles. The Morgan fingerprint density at radius 2 is 1.88 bits per heavy atom. The summed E-state index contributed by atoms with van der Waals surface area (Å²) in [6, 6.07) is -0.757. The number of carbonyl (C=O) groups is 2. The molecule has 1 atom stereocenters. The molecule has 5 nitrogen and oxygen atoms in total. The van der Waals surface area contributed by atoms with Crippen molar-refractivity contribution in [2.75, 3.05) is 6.61 Å². The number of ether oxygens (including phenoxy) is 2. The number of hydrogen-bond acceptors (Lipinski definition) is 5. The second-order valence-electron chi connectivity index (χ2n) is 4.48. The molecule has 2 N–H and O–H groups in total. The van der Waals surface area contributed by atoms with E-state index in [1.165, 1.54) is 0 Å². The summed E-state index contributed by atoms with van der Waals surface area (Å²) in [5.74, 6) is -0.835. The van der Waals surface area contributed by atoms with Crippen LogP contribution in [0.25, 0.3) is 0 Å². The fourth-order valence-electron chi connectivity index (χ4n) is 1.03. The van der Waals surface area contributed by atoms with Crippen LogP contribution in [0.15, 0.2) is 0 Å². The third kappa shape index (κ3) is 7.23. The van der Waals surface area contributed by atoms with Crippen LogP contribution in [0.4, 0.5) is 0 Å². The molecule has 16 heavy (non-hydrogen) atoms. The molecule has 0 aliphatic carbocycles. The summed E-state index contributed by atoms with van der Waals surface area (Å²) in [6.07, 6.45) is 0.366. The molecule has 0 unspecified atom stereocenters. The molecule has 0 bridgehead atoms. The lowest BCUT2D eigenvalue weighted by atomic mass is 10.1. The molecule has 5 heteroatoms. The Morgan fingerprint density at radius 1 is 1.31 bits per heavy atom. The molecule has 0 spiro atoms. The van der Waals surface area contributed by atoms with Gasteiger partial charge in [0.15, 0.2) is 0 Å². The quantitative estimate of drug-likeness (QED) is 0.714. The fraction of sp³-hybridized carbons (Fsp3) is 0.818. The van der Waals surface area contributed by atoms with Crippen LogP contribution in [-0.4, -0.2) is 30.2 Å². The molecule has 0 aromatic rings. The van der Waals surface area contributed by atoms with Crippen LogP contribution < -0.4 is 5.73 Å². The first-order valence-corrected chi connectivity index (χ1v) is 5.40. The predicted molar refractivity (Wildman–Crippen MR) is 59.7 cm³/mol. The number of rotatable bonds is 5. The lowest BCUT2D eigenvalue weighted by Gasteiger charge is -2.19. The number of esters is 2. The van der Waals surface area contributed by atoms with Gasteiger partial charge in [0, 0.05) is 6.42 Å². The van der Waals surface area contributed by atoms with Crippen molar-refractivity contribution in [3.63, 3.8) is 0 Å². The Labute approximate surface area is 96.3 Å². The van der Waals surface area contributed by atoms with E-state index in [1.807, 2.05) is 0 Å². The predicted octanol–water partition coefficient (Wildman–Crippen LogP) is 0.999. The van der Waals surface area contributed by atoms with Gasteiger partial charge in [-0.05, 0) is 34.1 Å². The largest absolute Gasteiger partial charge is 0.465 e. The normalized spacial score (nSPS) is 13.1. The van der Waals surface area contributed by atoms with Crippen molar-refractivity contribution in [3.05, 3.63) is 0 Å². The van der Waals surface area contributed by atoms with Crippen molar-refractivity contribution in [2.24, 2.45) is 5.73 Å². The van der Waals surface area contributed by atoms with E-state index < -0.39 is 17.6 Å². The van der Waals surface area contributed by atoms with Crippen LogP contribution in [0, 0.1) is 0 Å². The van der Waals surface area contributed by atoms with Gasteiger partial charge in [0.2, 0.25) is 0 Å². The smallest absolute Gasteiger partial charge is 0.322 e. The maximum Gasteiger partial charge on any atom is 0.322 e. The first kappa shape index (κ1) is 14.9. The van der Waals surface area contributed by atoms with Crippen LogP contribution in [0.2, 0.25) is 0 Å². The Balaban J connectivity index is 3.88. The minimum absolute atomic E-state index is 0.122. The third-order valence-electron chi connectivity index (χ3n) is 1.67. The van der Waals surface area contributed by atoms with Gasteiger partial charge in [-0.15, -0.1) is 0 Å². The van der Waals surface area contributed by atoms with Gasteiger partial charge in [0.05, 0.1) is 6.61 Å². The number of hydrogen-bond donors (Lipinski definition) is 1. The van der Waals surface area contributed by atoms with Crippen molar-refractivity contribution in [3.8, 4) is 0 Å². The lowest BCUT2D eigenvalue weighted by molar-refractivity contribution is -0.155. The highest BCUT2D eigenvalue weighted by Gasteiger charge is 2.20. The van der Waals surface area contributed by atoms with Crippen LogP contribution >= 0.6 is 0 Å². The van der Waals surface area contributed by atoms with Gasteiger partial charge >= 0.3 is 11.9 Å². The molecule has 0 amide bonds. The first-order valence-electron chi connectivity index (χ1n) is 5.40. The Morgan fingerprint density at radius 3 is 2.31 bits per heavy atom. The maximum absolute atomic E-state index is 11.3. The van der Waals surface area contributed by atoms with Crippen LogP contribution in [-0.2, 0) is 19.1 Å². The molecule has 0 saturated heterocycles. The SMILES string of the molecule is CCOC(=O)[C@H](N)CCC(=O)OC(C)(C)C. The second kappa shape index (κ2) is 6.48. The van der Waals surface area contributed by atoms with Crippen molar-refractivity contribution >= 4 is 11.9 Å². The molecule has 0 radical (unpaired) electrons. The van der Waals surface area contributed by atoms with Crippen molar-refractivity contribution in [2.45, 2.75) is 52.2 Å². The summed E-state index contributed by atoms with van der Waals surface area (Å²) in [4.78, 5) is 22.5. The minimum atomic E-state index is -0.757. The molecule has 0 fully saturated rings. The van der Waals surface area contributed by atoms with Gasteiger partial charge in [0.25, 0.3) is 0 Å². The van der Waals surface area contributed by atoms with Gasteiger partial charge in [-0.3, -0.25) is 9.59 Å². The highest BCUT2D eigenvalue weighted by atomic mass is 16.6. The van der Waals surface area contributed by atoms with E-state index in [9.17, 15) is 9.59 Å². The van der Waals surface area contributed by atoms with E-state index in [-0.39, 0.29) is 18.8 Å². The van der Waals surface area contributed by atoms with Crippen LogP contribution in [0.5, 0.6) is 0 Å². The zero-order valence-electron chi connectivity index (χ0n) is 10.4. The second-order valence-corrected chi connectivity index (χ2v) is 4.48. The third-order valence-corrected chi connectivity index (χ3v) is 1.67. The molecule has 0 saturated carbocycles. The minimum Gasteiger partial charge on any atom is -0.465 e. The van der Waals surface area contributed by atoms with Gasteiger partial charge in [0.1, 0.15) is 11.6 Å². The molecule has 0 aromatic heterocycles. The summed E-state index contributed by atoms with van der Waals surface area (Å²) < 4.78 is 9.80. The summed E-state index contributed by atoms with van der Waals surface area (Å²) >= 11 is 0. The summed E-state index contributed by atoms with van der Waals surface area (Å²) in [5.41, 5.74) is 5.02. The zero-order chi connectivity index (χ0) is 12.8. The van der Waals surface area contributed by atoms with E-state index in [4.69, 9.17) is 15.2 Å². The molecular weight excluding hydrogens is 210 g/mol. The van der Waals surface area contributed by atoms with E-state index in [0.29, 0.717) is 6.61 Å². The summed E-state index contributed by atoms with van der Waals surface area (Å²) in [5, 5.41) is 0. The summed E-state index contributed by atoms with van der Waals surface area (Å²) in [7, 11) is 0. The lowest BCUT2D eigenvalue weighted by Crippen LogP contribution is -2.33. The maximum atomic E-state index is 11.3. The first-order chi connectivity index (χ1) is 7.26. The van der Waals surface area contributed by atoms with Crippen molar-refractivity contribution in [1.82, 2.24) is 0 Å². The van der Waals surface area contributed by atoms with Crippen LogP contribution in [0.3, 0.4) is 0 Å². The van der Waals surface area contributed by atoms with Crippen molar-refractivity contribution in [1.29, 1.82) is 0 Å². The van der Waals surface area contributed by atoms with E-state index in [1.54, 1.807) is 27.7 Å². The fourth-order valence-corrected chi connectivity index (χ4v) is 1.03. The topological polar surface area (TPSA) is 78.6 Å². The molecule has 0 heterocycles. The van der Waals surface area contributed by atoms with E-state index in [2.05, 4.69) is 0 Å². The highest BCUT2D eigenvalue weighted by molar-refractivity contribution is 5.77. The van der Waals surface area contributed by atoms with Crippen molar-refractivity contribution < 1.29 is 19.1 Å². The van der Waals surface area contributed by atoms with Gasteiger partial charge in [-0.2, -0.15) is 0 Å². The van der Waals surface area contributed by atoms with Gasteiger partial charge < -0.3 is 15.2 Å². The zero-order valence-corrected chi connectivity index (χ0v) is 10.4. The van der Waals surface area contributed by atoms with Gasteiger partial charge in [-0.1, -0.05) is 0 Å². The highest BCUT2D eigenvalue weighted by Crippen LogP contribution is 2.09. The van der Waals surface area contributed by atoms with Crippen LogP contribution in [0.1, 0.15) is 40.5 Å². The van der Waals surface area contributed by atoms with E-state index >= 15 is 0 Å². The average Bonchev–Trinajstić information content (AvgIpc) is 2.11. The van der Waals surface area contributed by atoms with E-state index in [0.717, 1.165) is 0 Å². The number of carbonyl (C=O) groups excluding carboxylic acids is 2. The Bertz CT molecular complexity index is 245. The molecule has 0 aliphatic rings. The average molecular weight is 231 g/mol.